The summed E-state index contributed by atoms with van der Waals surface area (Å²) in [5, 5.41) is 12.3. The molecule has 1 N–H and O–H groups in total. The zero-order valence-electron chi connectivity index (χ0n) is 20.7. The van der Waals surface area contributed by atoms with Gasteiger partial charge in [0.05, 0.1) is 26.0 Å². The number of thioether (sulfide) groups is 1. The molecule has 4 rings (SSSR count). The van der Waals surface area contributed by atoms with E-state index < -0.39 is 0 Å². The third-order valence-corrected chi connectivity index (χ3v) is 6.83. The van der Waals surface area contributed by atoms with E-state index in [4.69, 9.17) is 9.47 Å². The number of benzene rings is 3. The molecule has 3 aromatic carbocycles. The molecule has 36 heavy (non-hydrogen) atoms. The van der Waals surface area contributed by atoms with E-state index >= 15 is 0 Å². The van der Waals surface area contributed by atoms with E-state index in [1.165, 1.54) is 11.8 Å². The van der Waals surface area contributed by atoms with Gasteiger partial charge in [-0.2, -0.15) is 0 Å². The average molecular weight is 503 g/mol. The third-order valence-electron chi connectivity index (χ3n) is 5.74. The van der Waals surface area contributed by atoms with Gasteiger partial charge in [0.1, 0.15) is 0 Å². The molecule has 7 nitrogen and oxygen atoms in total. The van der Waals surface area contributed by atoms with Gasteiger partial charge >= 0.3 is 0 Å². The predicted octanol–water partition coefficient (Wildman–Crippen LogP) is 4.85. The first kappa shape index (κ1) is 25.3. The van der Waals surface area contributed by atoms with Crippen molar-refractivity contribution in [2.45, 2.75) is 30.3 Å². The molecule has 0 bridgehead atoms. The second kappa shape index (κ2) is 12.3. The minimum atomic E-state index is -0.335. The molecule has 1 amide bonds. The van der Waals surface area contributed by atoms with Gasteiger partial charge in [-0.1, -0.05) is 78.5 Å². The van der Waals surface area contributed by atoms with Crippen molar-refractivity contribution < 1.29 is 14.3 Å². The van der Waals surface area contributed by atoms with Crippen LogP contribution in [0.1, 0.15) is 18.1 Å². The molecule has 8 heteroatoms. The van der Waals surface area contributed by atoms with Crippen molar-refractivity contribution in [2.75, 3.05) is 20.8 Å². The molecule has 186 valence electrons. The van der Waals surface area contributed by atoms with Crippen LogP contribution in [0.5, 0.6) is 11.5 Å². The van der Waals surface area contributed by atoms with Crippen molar-refractivity contribution in [1.82, 2.24) is 20.1 Å². The summed E-state index contributed by atoms with van der Waals surface area (Å²) in [4.78, 5) is 12.9. The van der Waals surface area contributed by atoms with E-state index in [0.29, 0.717) is 36.2 Å². The van der Waals surface area contributed by atoms with Gasteiger partial charge in [0, 0.05) is 12.1 Å². The number of rotatable bonds is 11. The molecular formula is C28H30N4O3S. The van der Waals surface area contributed by atoms with E-state index in [1.54, 1.807) is 14.2 Å². The summed E-state index contributed by atoms with van der Waals surface area (Å²) in [5.74, 6) is 2.10. The van der Waals surface area contributed by atoms with Crippen molar-refractivity contribution in [3.05, 3.63) is 90.0 Å². The Morgan fingerprint density at radius 2 is 1.61 bits per heavy atom. The number of carbonyl (C=O) groups is 1. The van der Waals surface area contributed by atoms with Crippen LogP contribution >= 0.6 is 11.8 Å². The van der Waals surface area contributed by atoms with Crippen LogP contribution in [-0.2, 0) is 17.8 Å². The quantitative estimate of drug-likeness (QED) is 0.296. The van der Waals surface area contributed by atoms with Crippen LogP contribution < -0.4 is 14.8 Å². The third kappa shape index (κ3) is 6.26. The lowest BCUT2D eigenvalue weighted by Gasteiger charge is -2.14. The van der Waals surface area contributed by atoms with E-state index in [9.17, 15) is 4.79 Å². The number of aromatic nitrogens is 3. The normalized spacial score (nSPS) is 11.6. The van der Waals surface area contributed by atoms with Crippen LogP contribution in [0.2, 0.25) is 0 Å². The fourth-order valence-corrected chi connectivity index (χ4v) is 4.68. The minimum absolute atomic E-state index is 0.0454. The van der Waals surface area contributed by atoms with E-state index in [2.05, 4.69) is 32.2 Å². The van der Waals surface area contributed by atoms with E-state index in [1.807, 2.05) is 73.7 Å². The largest absolute Gasteiger partial charge is 0.493 e. The van der Waals surface area contributed by atoms with Crippen LogP contribution in [-0.4, -0.2) is 46.7 Å². The second-order valence-electron chi connectivity index (χ2n) is 8.23. The highest BCUT2D eigenvalue weighted by Crippen LogP contribution is 2.29. The summed E-state index contributed by atoms with van der Waals surface area (Å²) >= 11 is 1.41. The number of amides is 1. The molecule has 0 fully saturated rings. The molecule has 0 saturated carbocycles. The van der Waals surface area contributed by atoms with Crippen molar-refractivity contribution in [2.24, 2.45) is 0 Å². The summed E-state index contributed by atoms with van der Waals surface area (Å²) in [6.07, 6.45) is 0.686. The number of ether oxygens (including phenoxy) is 2. The maximum atomic E-state index is 12.9. The molecule has 1 unspecified atom stereocenters. The Morgan fingerprint density at radius 3 is 2.31 bits per heavy atom. The van der Waals surface area contributed by atoms with Crippen molar-refractivity contribution >= 4 is 17.7 Å². The first-order valence-corrected chi connectivity index (χ1v) is 12.6. The maximum absolute atomic E-state index is 12.9. The molecule has 1 atom stereocenters. The zero-order chi connectivity index (χ0) is 25.3. The monoisotopic (exact) mass is 502 g/mol. The summed E-state index contributed by atoms with van der Waals surface area (Å²) in [6.45, 7) is 3.03. The molecule has 1 heterocycles. The second-order valence-corrected chi connectivity index (χ2v) is 9.54. The minimum Gasteiger partial charge on any atom is -0.493 e. The molecular weight excluding hydrogens is 472 g/mol. The van der Waals surface area contributed by atoms with Gasteiger partial charge < -0.3 is 14.8 Å². The topological polar surface area (TPSA) is 78.3 Å². The highest BCUT2D eigenvalue weighted by molar-refractivity contribution is 8.00. The molecule has 0 aliphatic rings. The van der Waals surface area contributed by atoms with Gasteiger partial charge in [0.25, 0.3) is 0 Å². The highest BCUT2D eigenvalue weighted by Gasteiger charge is 2.21. The number of methoxy groups -OCH3 is 2. The lowest BCUT2D eigenvalue weighted by Crippen LogP contribution is -2.32. The highest BCUT2D eigenvalue weighted by atomic mass is 32.2. The molecule has 4 aromatic rings. The molecule has 0 radical (unpaired) electrons. The van der Waals surface area contributed by atoms with Gasteiger partial charge in [0.2, 0.25) is 5.91 Å². The SMILES string of the molecule is COc1ccc(CCNC(=O)C(C)Sc2nnc(-c3ccccc3)n2Cc2ccccc2)cc1OC. The van der Waals surface area contributed by atoms with Crippen LogP contribution in [0.15, 0.2) is 84.0 Å². The molecule has 0 aliphatic carbocycles. The van der Waals surface area contributed by atoms with Crippen molar-refractivity contribution in [3.63, 3.8) is 0 Å². The summed E-state index contributed by atoms with van der Waals surface area (Å²) in [6, 6.07) is 25.9. The van der Waals surface area contributed by atoms with Crippen LogP contribution in [0, 0.1) is 0 Å². The van der Waals surface area contributed by atoms with Crippen molar-refractivity contribution in [1.29, 1.82) is 0 Å². The Balaban J connectivity index is 1.42. The first-order chi connectivity index (χ1) is 17.6. The first-order valence-electron chi connectivity index (χ1n) is 11.8. The van der Waals surface area contributed by atoms with Crippen molar-refractivity contribution in [3.8, 4) is 22.9 Å². The predicted molar refractivity (Wildman–Crippen MR) is 143 cm³/mol. The van der Waals surface area contributed by atoms with Gasteiger partial charge in [-0.3, -0.25) is 9.36 Å². The fourth-order valence-electron chi connectivity index (χ4n) is 3.81. The van der Waals surface area contributed by atoms with Crippen LogP contribution in [0.3, 0.4) is 0 Å². The molecule has 1 aromatic heterocycles. The maximum Gasteiger partial charge on any atom is 0.233 e. The van der Waals surface area contributed by atoms with Gasteiger partial charge in [-0.25, -0.2) is 0 Å². The van der Waals surface area contributed by atoms with Crippen LogP contribution in [0.25, 0.3) is 11.4 Å². The Hall–Kier alpha value is -3.78. The average Bonchev–Trinajstić information content (AvgIpc) is 3.31. The number of nitrogens with one attached hydrogen (secondary N) is 1. The summed E-state index contributed by atoms with van der Waals surface area (Å²) in [5.41, 5.74) is 3.19. The Kier molecular flexibility index (Phi) is 8.62. The number of nitrogens with zero attached hydrogens (tertiary/aromatic N) is 3. The molecule has 0 aliphatic heterocycles. The summed E-state index contributed by atoms with van der Waals surface area (Å²) < 4.78 is 12.7. The lowest BCUT2D eigenvalue weighted by molar-refractivity contribution is -0.120. The smallest absolute Gasteiger partial charge is 0.233 e. The number of carbonyl (C=O) groups excluding carboxylic acids is 1. The Labute approximate surface area is 215 Å². The van der Waals surface area contributed by atoms with Gasteiger partial charge in [-0.15, -0.1) is 10.2 Å². The van der Waals surface area contributed by atoms with E-state index in [-0.39, 0.29) is 11.2 Å². The lowest BCUT2D eigenvalue weighted by atomic mass is 10.1. The van der Waals surface area contributed by atoms with E-state index in [0.717, 1.165) is 22.5 Å². The number of hydrogen-bond acceptors (Lipinski definition) is 6. The Bertz CT molecular complexity index is 1280. The summed E-state index contributed by atoms with van der Waals surface area (Å²) in [7, 11) is 3.22. The Morgan fingerprint density at radius 1 is 0.917 bits per heavy atom. The van der Waals surface area contributed by atoms with Gasteiger partial charge in [0.15, 0.2) is 22.5 Å². The zero-order valence-corrected chi connectivity index (χ0v) is 21.5. The van der Waals surface area contributed by atoms with Gasteiger partial charge in [-0.05, 0) is 36.6 Å². The fraction of sp³-hybridized carbons (Fsp3) is 0.250. The molecule has 0 spiro atoms. The van der Waals surface area contributed by atoms with Crippen LogP contribution in [0.4, 0.5) is 0 Å². The standard InChI is InChI=1S/C28H30N4O3S/c1-20(27(33)29-17-16-21-14-15-24(34-2)25(18-21)35-3)36-28-31-30-26(23-12-8-5-9-13-23)32(28)19-22-10-6-4-7-11-22/h4-15,18,20H,16-17,19H2,1-3H3,(H,29,33). The molecule has 0 saturated heterocycles. The number of hydrogen-bond donors (Lipinski definition) is 1.